The maximum atomic E-state index is 12.0. The molecule has 0 aliphatic carbocycles. The summed E-state index contributed by atoms with van der Waals surface area (Å²) in [6, 6.07) is -0.293. The third-order valence-electron chi connectivity index (χ3n) is 2.83. The summed E-state index contributed by atoms with van der Waals surface area (Å²) < 4.78 is 0. The minimum absolute atomic E-state index is 0.0261. The van der Waals surface area contributed by atoms with Gasteiger partial charge in [0.05, 0.1) is 6.54 Å². The summed E-state index contributed by atoms with van der Waals surface area (Å²) >= 11 is 0. The SMILES string of the molecule is CCCC1NC(=O)CN(CCC(C)C)C1=O. The summed E-state index contributed by atoms with van der Waals surface area (Å²) in [5.41, 5.74) is 0. The van der Waals surface area contributed by atoms with Crippen molar-refractivity contribution in [3.63, 3.8) is 0 Å². The minimum Gasteiger partial charge on any atom is -0.343 e. The number of hydrogen-bond acceptors (Lipinski definition) is 2. The second-order valence-electron chi connectivity index (χ2n) is 4.85. The van der Waals surface area contributed by atoms with E-state index in [1.54, 1.807) is 4.90 Å². The lowest BCUT2D eigenvalue weighted by molar-refractivity contribution is -0.144. The highest BCUT2D eigenvalue weighted by Crippen LogP contribution is 2.10. The number of carbonyl (C=O) groups excluding carboxylic acids is 2. The first-order chi connectivity index (χ1) is 7.54. The van der Waals surface area contributed by atoms with E-state index in [-0.39, 0.29) is 24.4 Å². The molecule has 1 unspecified atom stereocenters. The standard InChI is InChI=1S/C12H22N2O2/c1-4-5-10-12(16)14(7-6-9(2)3)8-11(15)13-10/h9-10H,4-8H2,1-3H3,(H,13,15). The number of rotatable bonds is 5. The fourth-order valence-electron chi connectivity index (χ4n) is 1.86. The maximum absolute atomic E-state index is 12.0. The summed E-state index contributed by atoms with van der Waals surface area (Å²) in [5.74, 6) is 0.617. The molecule has 1 heterocycles. The Balaban J connectivity index is 2.55. The second-order valence-corrected chi connectivity index (χ2v) is 4.85. The Kier molecular flexibility index (Phi) is 4.77. The molecule has 1 rings (SSSR count). The van der Waals surface area contributed by atoms with Gasteiger partial charge in [0.15, 0.2) is 0 Å². The number of amides is 2. The van der Waals surface area contributed by atoms with E-state index in [1.165, 1.54) is 0 Å². The summed E-state index contributed by atoms with van der Waals surface area (Å²) in [5, 5.41) is 2.75. The zero-order valence-corrected chi connectivity index (χ0v) is 10.5. The Hall–Kier alpha value is -1.06. The average Bonchev–Trinajstić information content (AvgIpc) is 2.21. The number of piperazine rings is 1. The smallest absolute Gasteiger partial charge is 0.245 e. The van der Waals surface area contributed by atoms with Crippen molar-refractivity contribution in [1.29, 1.82) is 0 Å². The van der Waals surface area contributed by atoms with Crippen molar-refractivity contribution in [1.82, 2.24) is 10.2 Å². The quantitative estimate of drug-likeness (QED) is 0.764. The largest absolute Gasteiger partial charge is 0.343 e. The first-order valence-electron chi connectivity index (χ1n) is 6.12. The van der Waals surface area contributed by atoms with Crippen molar-refractivity contribution in [3.8, 4) is 0 Å². The molecule has 4 heteroatoms. The van der Waals surface area contributed by atoms with Gasteiger partial charge in [0.1, 0.15) is 6.04 Å². The summed E-state index contributed by atoms with van der Waals surface area (Å²) in [6.07, 6.45) is 2.61. The van der Waals surface area contributed by atoms with Gasteiger partial charge in [-0.05, 0) is 18.8 Å². The van der Waals surface area contributed by atoms with Gasteiger partial charge in [0.2, 0.25) is 11.8 Å². The highest BCUT2D eigenvalue weighted by Gasteiger charge is 2.31. The highest BCUT2D eigenvalue weighted by atomic mass is 16.2. The first-order valence-corrected chi connectivity index (χ1v) is 6.12. The molecule has 2 amide bonds. The zero-order chi connectivity index (χ0) is 12.1. The molecule has 1 atom stereocenters. The molecule has 0 saturated carbocycles. The molecule has 1 saturated heterocycles. The molecule has 0 spiro atoms. The monoisotopic (exact) mass is 226 g/mol. The van der Waals surface area contributed by atoms with Gasteiger partial charge in [-0.3, -0.25) is 9.59 Å². The summed E-state index contributed by atoms with van der Waals surface area (Å²) in [4.78, 5) is 25.1. The van der Waals surface area contributed by atoms with Gasteiger partial charge in [-0.1, -0.05) is 27.2 Å². The van der Waals surface area contributed by atoms with Gasteiger partial charge in [-0.25, -0.2) is 0 Å². The molecule has 0 aromatic carbocycles. The molecule has 16 heavy (non-hydrogen) atoms. The molecular weight excluding hydrogens is 204 g/mol. The van der Waals surface area contributed by atoms with Gasteiger partial charge in [-0.15, -0.1) is 0 Å². The Bertz CT molecular complexity index is 264. The lowest BCUT2D eigenvalue weighted by Crippen LogP contribution is -2.58. The van der Waals surface area contributed by atoms with Gasteiger partial charge in [0.25, 0.3) is 0 Å². The molecule has 0 bridgehead atoms. The third-order valence-corrected chi connectivity index (χ3v) is 2.83. The van der Waals surface area contributed by atoms with Crippen molar-refractivity contribution in [2.75, 3.05) is 13.1 Å². The highest BCUT2D eigenvalue weighted by molar-refractivity contribution is 5.94. The molecule has 1 N–H and O–H groups in total. The Labute approximate surface area is 97.4 Å². The van der Waals surface area contributed by atoms with Gasteiger partial charge in [-0.2, -0.15) is 0 Å². The van der Waals surface area contributed by atoms with Crippen LogP contribution in [0.3, 0.4) is 0 Å². The van der Waals surface area contributed by atoms with Crippen LogP contribution in [-0.2, 0) is 9.59 Å². The molecular formula is C12H22N2O2. The molecule has 0 aromatic heterocycles. The second kappa shape index (κ2) is 5.87. The molecule has 0 aromatic rings. The predicted octanol–water partition coefficient (Wildman–Crippen LogP) is 1.16. The fourth-order valence-corrected chi connectivity index (χ4v) is 1.86. The molecule has 1 aliphatic rings. The van der Waals surface area contributed by atoms with Crippen molar-refractivity contribution in [2.24, 2.45) is 5.92 Å². The van der Waals surface area contributed by atoms with Crippen LogP contribution in [0.1, 0.15) is 40.0 Å². The van der Waals surface area contributed by atoms with Crippen molar-refractivity contribution in [2.45, 2.75) is 46.1 Å². The lowest BCUT2D eigenvalue weighted by Gasteiger charge is -2.32. The predicted molar refractivity (Wildman–Crippen MR) is 62.9 cm³/mol. The third kappa shape index (κ3) is 3.51. The minimum atomic E-state index is -0.293. The van der Waals surface area contributed by atoms with E-state index in [1.807, 2.05) is 6.92 Å². The van der Waals surface area contributed by atoms with E-state index in [9.17, 15) is 9.59 Å². The topological polar surface area (TPSA) is 49.4 Å². The number of nitrogens with zero attached hydrogens (tertiary/aromatic N) is 1. The van der Waals surface area contributed by atoms with Crippen LogP contribution >= 0.6 is 0 Å². The van der Waals surface area contributed by atoms with Crippen LogP contribution in [0.15, 0.2) is 0 Å². The molecule has 4 nitrogen and oxygen atoms in total. The first kappa shape index (κ1) is 13.0. The van der Waals surface area contributed by atoms with E-state index in [0.29, 0.717) is 12.5 Å². The van der Waals surface area contributed by atoms with Crippen LogP contribution in [0.4, 0.5) is 0 Å². The van der Waals surface area contributed by atoms with E-state index >= 15 is 0 Å². The Morgan fingerprint density at radius 2 is 2.12 bits per heavy atom. The van der Waals surface area contributed by atoms with E-state index < -0.39 is 0 Å². The number of carbonyl (C=O) groups is 2. The Morgan fingerprint density at radius 1 is 1.44 bits per heavy atom. The number of hydrogen-bond donors (Lipinski definition) is 1. The molecule has 0 radical (unpaired) electrons. The molecule has 92 valence electrons. The van der Waals surface area contributed by atoms with Crippen LogP contribution in [0.2, 0.25) is 0 Å². The lowest BCUT2D eigenvalue weighted by atomic mass is 10.1. The van der Waals surface area contributed by atoms with Gasteiger partial charge < -0.3 is 10.2 Å². The van der Waals surface area contributed by atoms with Crippen LogP contribution in [-0.4, -0.2) is 35.8 Å². The van der Waals surface area contributed by atoms with E-state index in [4.69, 9.17) is 0 Å². The summed E-state index contributed by atoms with van der Waals surface area (Å²) in [6.45, 7) is 7.19. The van der Waals surface area contributed by atoms with Crippen LogP contribution in [0.5, 0.6) is 0 Å². The van der Waals surface area contributed by atoms with Gasteiger partial charge >= 0.3 is 0 Å². The van der Waals surface area contributed by atoms with Crippen molar-refractivity contribution in [3.05, 3.63) is 0 Å². The van der Waals surface area contributed by atoms with Crippen molar-refractivity contribution < 1.29 is 9.59 Å². The van der Waals surface area contributed by atoms with Gasteiger partial charge in [0, 0.05) is 6.54 Å². The van der Waals surface area contributed by atoms with Crippen LogP contribution in [0, 0.1) is 5.92 Å². The number of nitrogens with one attached hydrogen (secondary N) is 1. The van der Waals surface area contributed by atoms with E-state index in [0.717, 1.165) is 19.3 Å². The van der Waals surface area contributed by atoms with E-state index in [2.05, 4.69) is 19.2 Å². The van der Waals surface area contributed by atoms with Crippen molar-refractivity contribution >= 4 is 11.8 Å². The van der Waals surface area contributed by atoms with Crippen LogP contribution < -0.4 is 5.32 Å². The van der Waals surface area contributed by atoms with Crippen LogP contribution in [0.25, 0.3) is 0 Å². The molecule has 1 fully saturated rings. The maximum Gasteiger partial charge on any atom is 0.245 e. The average molecular weight is 226 g/mol. The summed E-state index contributed by atoms with van der Waals surface area (Å²) in [7, 11) is 0. The zero-order valence-electron chi connectivity index (χ0n) is 10.5. The normalized spacial score (nSPS) is 21.5. The molecule has 1 aliphatic heterocycles. The Morgan fingerprint density at radius 3 is 2.69 bits per heavy atom. The fraction of sp³-hybridized carbons (Fsp3) is 0.833.